The molecule has 1 aromatic heterocycles. The van der Waals surface area contributed by atoms with Crippen LogP contribution >= 0.6 is 12.2 Å². The Kier molecular flexibility index (Phi) is 3.96. The van der Waals surface area contributed by atoms with E-state index in [2.05, 4.69) is 4.98 Å². The fourth-order valence-corrected chi connectivity index (χ4v) is 2.49. The maximum atomic E-state index is 11.8. The zero-order valence-electron chi connectivity index (χ0n) is 10.2. The Morgan fingerprint density at radius 2 is 2.39 bits per heavy atom. The highest BCUT2D eigenvalue weighted by Crippen LogP contribution is 2.34. The SMILES string of the molecule is CO[C@@H]1C(C)[C@H](n2ccc(=S)[nH]c2=O)O[C@@H]1CO. The van der Waals surface area contributed by atoms with Gasteiger partial charge in [0.05, 0.1) is 12.7 Å². The molecular weight excluding hydrogens is 256 g/mol. The van der Waals surface area contributed by atoms with E-state index in [1.165, 1.54) is 4.57 Å². The van der Waals surface area contributed by atoms with E-state index in [4.69, 9.17) is 21.7 Å². The number of ether oxygens (including phenoxy) is 2. The molecule has 0 aliphatic carbocycles. The van der Waals surface area contributed by atoms with Crippen molar-refractivity contribution < 1.29 is 14.6 Å². The molecule has 1 aliphatic rings. The molecule has 0 aromatic carbocycles. The minimum Gasteiger partial charge on any atom is -0.394 e. The van der Waals surface area contributed by atoms with Gasteiger partial charge in [-0.1, -0.05) is 19.1 Å². The maximum absolute atomic E-state index is 11.8. The van der Waals surface area contributed by atoms with Crippen molar-refractivity contribution in [3.05, 3.63) is 27.4 Å². The van der Waals surface area contributed by atoms with Crippen molar-refractivity contribution in [1.29, 1.82) is 0 Å². The first kappa shape index (κ1) is 13.4. The summed E-state index contributed by atoms with van der Waals surface area (Å²) >= 11 is 4.88. The van der Waals surface area contributed by atoms with Crippen LogP contribution in [0.25, 0.3) is 0 Å². The lowest BCUT2D eigenvalue weighted by Crippen LogP contribution is -2.31. The molecule has 0 saturated carbocycles. The van der Waals surface area contributed by atoms with E-state index in [1.807, 2.05) is 6.92 Å². The fraction of sp³-hybridized carbons (Fsp3) is 0.636. The van der Waals surface area contributed by atoms with Gasteiger partial charge < -0.3 is 14.6 Å². The first-order chi connectivity index (χ1) is 8.58. The molecular formula is C11H16N2O4S. The molecule has 0 amide bonds. The zero-order valence-corrected chi connectivity index (χ0v) is 11.0. The third-order valence-electron chi connectivity index (χ3n) is 3.23. The van der Waals surface area contributed by atoms with Crippen molar-refractivity contribution in [3.8, 4) is 0 Å². The smallest absolute Gasteiger partial charge is 0.328 e. The quantitative estimate of drug-likeness (QED) is 0.781. The monoisotopic (exact) mass is 272 g/mol. The summed E-state index contributed by atoms with van der Waals surface area (Å²) in [6.07, 6.45) is 0.459. The number of aliphatic hydroxyl groups is 1. The number of nitrogens with one attached hydrogen (secondary N) is 1. The lowest BCUT2D eigenvalue weighted by molar-refractivity contribution is -0.0540. The molecule has 2 rings (SSSR count). The normalized spacial score (nSPS) is 31.7. The summed E-state index contributed by atoms with van der Waals surface area (Å²) in [6, 6.07) is 1.63. The number of nitrogens with zero attached hydrogens (tertiary/aromatic N) is 1. The predicted molar refractivity (Wildman–Crippen MR) is 66.8 cm³/mol. The van der Waals surface area contributed by atoms with E-state index in [1.54, 1.807) is 19.4 Å². The molecule has 0 bridgehead atoms. The van der Waals surface area contributed by atoms with Crippen LogP contribution in [-0.2, 0) is 9.47 Å². The Bertz CT molecular complexity index is 526. The van der Waals surface area contributed by atoms with E-state index in [0.29, 0.717) is 4.64 Å². The molecule has 6 nitrogen and oxygen atoms in total. The number of methoxy groups -OCH3 is 1. The minimum atomic E-state index is -0.466. The lowest BCUT2D eigenvalue weighted by atomic mass is 10.0. The molecule has 4 atom stereocenters. The molecule has 1 fully saturated rings. The van der Waals surface area contributed by atoms with Crippen LogP contribution in [0.5, 0.6) is 0 Å². The first-order valence-corrected chi connectivity index (χ1v) is 6.10. The van der Waals surface area contributed by atoms with Gasteiger partial charge in [0, 0.05) is 19.2 Å². The van der Waals surface area contributed by atoms with Gasteiger partial charge in [0.2, 0.25) is 0 Å². The zero-order chi connectivity index (χ0) is 13.3. The van der Waals surface area contributed by atoms with Gasteiger partial charge in [-0.15, -0.1) is 0 Å². The van der Waals surface area contributed by atoms with Crippen LogP contribution in [-0.4, -0.2) is 40.6 Å². The summed E-state index contributed by atoms with van der Waals surface area (Å²) < 4.78 is 12.8. The second-order valence-corrected chi connectivity index (χ2v) is 4.76. The number of aromatic amines is 1. The van der Waals surface area contributed by atoms with Crippen LogP contribution in [0.1, 0.15) is 13.2 Å². The van der Waals surface area contributed by atoms with Crippen molar-refractivity contribution in [2.75, 3.05) is 13.7 Å². The predicted octanol–water partition coefficient (Wildman–Crippen LogP) is 0.447. The Balaban J connectivity index is 2.34. The van der Waals surface area contributed by atoms with Crippen molar-refractivity contribution in [3.63, 3.8) is 0 Å². The van der Waals surface area contributed by atoms with Gasteiger partial charge in [-0.25, -0.2) is 4.79 Å². The molecule has 2 N–H and O–H groups in total. The molecule has 100 valence electrons. The van der Waals surface area contributed by atoms with Crippen LogP contribution < -0.4 is 5.69 Å². The topological polar surface area (TPSA) is 76.5 Å². The highest BCUT2D eigenvalue weighted by molar-refractivity contribution is 7.71. The van der Waals surface area contributed by atoms with Gasteiger partial charge in [0.1, 0.15) is 17.0 Å². The fourth-order valence-electron chi connectivity index (χ4n) is 2.34. The van der Waals surface area contributed by atoms with Gasteiger partial charge in [-0.05, 0) is 6.07 Å². The van der Waals surface area contributed by atoms with Crippen molar-refractivity contribution >= 4 is 12.2 Å². The summed E-state index contributed by atoms with van der Waals surface area (Å²) in [5.41, 5.74) is -0.326. The molecule has 0 spiro atoms. The van der Waals surface area contributed by atoms with Crippen LogP contribution in [0.3, 0.4) is 0 Å². The highest BCUT2D eigenvalue weighted by Gasteiger charge is 2.43. The number of H-pyrrole nitrogens is 1. The van der Waals surface area contributed by atoms with Gasteiger partial charge >= 0.3 is 5.69 Å². The number of rotatable bonds is 3. The van der Waals surface area contributed by atoms with Crippen LogP contribution in [0.4, 0.5) is 0 Å². The lowest BCUT2D eigenvalue weighted by Gasteiger charge is -2.19. The Morgan fingerprint density at radius 1 is 1.67 bits per heavy atom. The van der Waals surface area contributed by atoms with Crippen molar-refractivity contribution in [2.24, 2.45) is 5.92 Å². The Hall–Kier alpha value is -1.02. The maximum Gasteiger partial charge on any atom is 0.328 e. The number of hydrogen-bond acceptors (Lipinski definition) is 5. The van der Waals surface area contributed by atoms with E-state index in [9.17, 15) is 9.90 Å². The van der Waals surface area contributed by atoms with Gasteiger partial charge in [0.15, 0.2) is 0 Å². The number of aliphatic hydroxyl groups excluding tert-OH is 1. The minimum absolute atomic E-state index is 0.0470. The van der Waals surface area contributed by atoms with Crippen LogP contribution in [0, 0.1) is 10.6 Å². The summed E-state index contributed by atoms with van der Waals surface area (Å²) in [5.74, 6) is -0.0470. The van der Waals surface area contributed by atoms with E-state index >= 15 is 0 Å². The third-order valence-corrected chi connectivity index (χ3v) is 3.46. The number of hydrogen-bond donors (Lipinski definition) is 2. The van der Waals surface area contributed by atoms with Crippen LogP contribution in [0.2, 0.25) is 0 Å². The number of aromatic nitrogens is 2. The Morgan fingerprint density at radius 3 is 2.89 bits per heavy atom. The van der Waals surface area contributed by atoms with Gasteiger partial charge in [-0.2, -0.15) is 0 Å². The van der Waals surface area contributed by atoms with Crippen molar-refractivity contribution in [2.45, 2.75) is 25.4 Å². The Labute approximate surface area is 109 Å². The molecule has 1 unspecified atom stereocenters. The molecule has 0 radical (unpaired) electrons. The average Bonchev–Trinajstić information content (AvgIpc) is 2.66. The third kappa shape index (κ3) is 2.26. The van der Waals surface area contributed by atoms with Gasteiger partial charge in [0.25, 0.3) is 0 Å². The standard InChI is InChI=1S/C11H16N2O4S/c1-6-9(16-2)7(5-14)17-10(6)13-4-3-8(18)12-11(13)15/h3-4,6-7,9-10,14H,5H2,1-2H3,(H,12,15,18)/t6?,7-,9-,10-/m1/s1. The molecule has 1 aromatic rings. The largest absolute Gasteiger partial charge is 0.394 e. The molecule has 2 heterocycles. The van der Waals surface area contributed by atoms with E-state index in [0.717, 1.165) is 0 Å². The molecule has 1 saturated heterocycles. The van der Waals surface area contributed by atoms with E-state index in [-0.39, 0.29) is 24.3 Å². The summed E-state index contributed by atoms with van der Waals surface area (Å²) in [6.45, 7) is 1.78. The molecule has 7 heteroatoms. The summed E-state index contributed by atoms with van der Waals surface area (Å²) in [4.78, 5) is 14.4. The average molecular weight is 272 g/mol. The first-order valence-electron chi connectivity index (χ1n) is 5.69. The van der Waals surface area contributed by atoms with Gasteiger partial charge in [-0.3, -0.25) is 9.55 Å². The van der Waals surface area contributed by atoms with Crippen molar-refractivity contribution in [1.82, 2.24) is 9.55 Å². The molecule has 1 aliphatic heterocycles. The molecule has 18 heavy (non-hydrogen) atoms. The van der Waals surface area contributed by atoms with Crippen LogP contribution in [0.15, 0.2) is 17.1 Å². The summed E-state index contributed by atoms with van der Waals surface area (Å²) in [5, 5.41) is 9.25. The van der Waals surface area contributed by atoms with E-state index < -0.39 is 12.3 Å². The second kappa shape index (κ2) is 5.31. The summed E-state index contributed by atoms with van der Waals surface area (Å²) in [7, 11) is 1.57. The highest BCUT2D eigenvalue weighted by atomic mass is 32.1. The second-order valence-electron chi connectivity index (χ2n) is 4.32.